The van der Waals surface area contributed by atoms with E-state index in [2.05, 4.69) is 4.72 Å². The second kappa shape index (κ2) is 5.73. The molecule has 0 aromatic heterocycles. The zero-order valence-corrected chi connectivity index (χ0v) is 12.9. The molecule has 0 saturated heterocycles. The molecule has 0 radical (unpaired) electrons. The molecule has 21 heavy (non-hydrogen) atoms. The second-order valence-corrected chi connectivity index (χ2v) is 6.58. The van der Waals surface area contributed by atoms with Gasteiger partial charge in [-0.25, -0.2) is 12.8 Å². The van der Waals surface area contributed by atoms with Crippen LogP contribution >= 0.6 is 0 Å². The smallest absolute Gasteiger partial charge is 0.264 e. The number of hydrogen-bond acceptors (Lipinski definition) is 3. The van der Waals surface area contributed by atoms with Gasteiger partial charge in [-0.2, -0.15) is 0 Å². The highest BCUT2D eigenvalue weighted by Gasteiger charge is 2.18. The van der Waals surface area contributed by atoms with Gasteiger partial charge >= 0.3 is 0 Å². The standard InChI is InChI=1S/C15H17FN2O2S/c1-11-8-9-12(10-14(11)18(2)3)17-21(19,20)15-7-5-4-6-13(15)16/h4-10,17H,1-3H3. The molecule has 0 amide bonds. The first-order valence-corrected chi connectivity index (χ1v) is 7.85. The SMILES string of the molecule is Cc1ccc(NS(=O)(=O)c2ccccc2F)cc1N(C)C. The van der Waals surface area contributed by atoms with Crippen molar-refractivity contribution < 1.29 is 12.8 Å². The van der Waals surface area contributed by atoms with E-state index in [0.717, 1.165) is 17.3 Å². The molecule has 0 aliphatic heterocycles. The van der Waals surface area contributed by atoms with Crippen LogP contribution in [0.3, 0.4) is 0 Å². The summed E-state index contributed by atoms with van der Waals surface area (Å²) in [6, 6.07) is 10.5. The summed E-state index contributed by atoms with van der Waals surface area (Å²) in [5.41, 5.74) is 2.31. The zero-order chi connectivity index (χ0) is 15.6. The Kier molecular flexibility index (Phi) is 4.18. The van der Waals surface area contributed by atoms with Crippen LogP contribution in [0.2, 0.25) is 0 Å². The van der Waals surface area contributed by atoms with Crippen LogP contribution < -0.4 is 9.62 Å². The maximum Gasteiger partial charge on any atom is 0.264 e. The Labute approximate surface area is 124 Å². The number of benzene rings is 2. The molecular weight excluding hydrogens is 291 g/mol. The van der Waals surface area contributed by atoms with Gasteiger partial charge in [0, 0.05) is 19.8 Å². The minimum atomic E-state index is -3.94. The molecule has 0 bridgehead atoms. The van der Waals surface area contributed by atoms with Crippen LogP contribution in [0, 0.1) is 12.7 Å². The Bertz CT molecular complexity index is 758. The van der Waals surface area contributed by atoms with Crippen LogP contribution in [0.25, 0.3) is 0 Å². The van der Waals surface area contributed by atoms with Gasteiger partial charge in [-0.05, 0) is 36.8 Å². The number of sulfonamides is 1. The molecule has 0 aliphatic rings. The van der Waals surface area contributed by atoms with E-state index in [-0.39, 0.29) is 4.90 Å². The van der Waals surface area contributed by atoms with Gasteiger partial charge in [0.05, 0.1) is 5.69 Å². The highest BCUT2D eigenvalue weighted by atomic mass is 32.2. The molecule has 4 nitrogen and oxygen atoms in total. The molecule has 0 atom stereocenters. The Morgan fingerprint density at radius 2 is 1.76 bits per heavy atom. The molecule has 112 valence electrons. The predicted molar refractivity (Wildman–Crippen MR) is 82.7 cm³/mol. The number of nitrogens with zero attached hydrogens (tertiary/aromatic N) is 1. The number of anilines is 2. The lowest BCUT2D eigenvalue weighted by molar-refractivity contribution is 0.570. The molecule has 0 spiro atoms. The minimum Gasteiger partial charge on any atom is -0.377 e. The highest BCUT2D eigenvalue weighted by Crippen LogP contribution is 2.25. The van der Waals surface area contributed by atoms with Gasteiger partial charge in [0.2, 0.25) is 0 Å². The Balaban J connectivity index is 2.38. The molecule has 0 aliphatic carbocycles. The summed E-state index contributed by atoms with van der Waals surface area (Å²) in [7, 11) is -0.198. The van der Waals surface area contributed by atoms with Gasteiger partial charge < -0.3 is 4.90 Å². The molecular formula is C15H17FN2O2S. The molecule has 0 saturated carbocycles. The maximum atomic E-state index is 13.6. The van der Waals surface area contributed by atoms with Crippen LogP contribution in [0.5, 0.6) is 0 Å². The Morgan fingerprint density at radius 1 is 1.10 bits per heavy atom. The predicted octanol–water partition coefficient (Wildman–Crippen LogP) is 3.00. The van der Waals surface area contributed by atoms with Gasteiger partial charge in [-0.15, -0.1) is 0 Å². The third-order valence-electron chi connectivity index (χ3n) is 3.07. The van der Waals surface area contributed by atoms with Crippen LogP contribution in [-0.4, -0.2) is 22.5 Å². The van der Waals surface area contributed by atoms with Gasteiger partial charge in [-0.3, -0.25) is 4.72 Å². The third kappa shape index (κ3) is 3.33. The summed E-state index contributed by atoms with van der Waals surface area (Å²) in [5.74, 6) is -0.773. The maximum absolute atomic E-state index is 13.6. The van der Waals surface area contributed by atoms with E-state index in [4.69, 9.17) is 0 Å². The van der Waals surface area contributed by atoms with E-state index in [1.165, 1.54) is 18.2 Å². The monoisotopic (exact) mass is 308 g/mol. The van der Waals surface area contributed by atoms with Crippen molar-refractivity contribution in [2.45, 2.75) is 11.8 Å². The summed E-state index contributed by atoms with van der Waals surface area (Å²) in [6.07, 6.45) is 0. The lowest BCUT2D eigenvalue weighted by Gasteiger charge is -2.17. The lowest BCUT2D eigenvalue weighted by Crippen LogP contribution is -2.16. The summed E-state index contributed by atoms with van der Waals surface area (Å²) in [5, 5.41) is 0. The highest BCUT2D eigenvalue weighted by molar-refractivity contribution is 7.92. The van der Waals surface area contributed by atoms with Crippen molar-refractivity contribution >= 4 is 21.4 Å². The van der Waals surface area contributed by atoms with E-state index in [1.54, 1.807) is 12.1 Å². The first-order chi connectivity index (χ1) is 9.81. The number of rotatable bonds is 4. The molecule has 2 rings (SSSR count). The fraction of sp³-hybridized carbons (Fsp3) is 0.200. The Hall–Kier alpha value is -2.08. The van der Waals surface area contributed by atoms with Crippen molar-refractivity contribution in [3.05, 3.63) is 53.8 Å². The molecule has 6 heteroatoms. The van der Waals surface area contributed by atoms with Crippen molar-refractivity contribution in [2.75, 3.05) is 23.7 Å². The average Bonchev–Trinajstić information content (AvgIpc) is 2.40. The quantitative estimate of drug-likeness (QED) is 0.944. The number of halogens is 1. The number of aryl methyl sites for hydroxylation is 1. The average molecular weight is 308 g/mol. The van der Waals surface area contributed by atoms with Crippen LogP contribution in [0.15, 0.2) is 47.4 Å². The third-order valence-corrected chi connectivity index (χ3v) is 4.48. The first kappa shape index (κ1) is 15.3. The van der Waals surface area contributed by atoms with Gasteiger partial charge in [0.15, 0.2) is 0 Å². The molecule has 0 unspecified atom stereocenters. The van der Waals surface area contributed by atoms with Crippen LogP contribution in [0.4, 0.5) is 15.8 Å². The fourth-order valence-corrected chi connectivity index (χ4v) is 3.16. The van der Waals surface area contributed by atoms with E-state index >= 15 is 0 Å². The minimum absolute atomic E-state index is 0.364. The number of hydrogen-bond donors (Lipinski definition) is 1. The largest absolute Gasteiger partial charge is 0.377 e. The molecule has 2 aromatic carbocycles. The second-order valence-electron chi connectivity index (χ2n) is 4.93. The molecule has 2 aromatic rings. The first-order valence-electron chi connectivity index (χ1n) is 6.36. The van der Waals surface area contributed by atoms with E-state index in [0.29, 0.717) is 5.69 Å². The summed E-state index contributed by atoms with van der Waals surface area (Å²) >= 11 is 0. The molecule has 1 N–H and O–H groups in total. The van der Waals surface area contributed by atoms with Gasteiger partial charge in [-0.1, -0.05) is 18.2 Å². The van der Waals surface area contributed by atoms with Crippen molar-refractivity contribution in [1.82, 2.24) is 0 Å². The van der Waals surface area contributed by atoms with Gasteiger partial charge in [0.1, 0.15) is 10.7 Å². The lowest BCUT2D eigenvalue weighted by atomic mass is 10.2. The summed E-state index contributed by atoms with van der Waals surface area (Å²) in [4.78, 5) is 1.52. The molecule has 0 fully saturated rings. The van der Waals surface area contributed by atoms with Gasteiger partial charge in [0.25, 0.3) is 10.0 Å². The topological polar surface area (TPSA) is 49.4 Å². The molecule has 0 heterocycles. The van der Waals surface area contributed by atoms with E-state index in [9.17, 15) is 12.8 Å². The van der Waals surface area contributed by atoms with Crippen molar-refractivity contribution in [1.29, 1.82) is 0 Å². The number of nitrogens with one attached hydrogen (secondary N) is 1. The van der Waals surface area contributed by atoms with Crippen LogP contribution in [0.1, 0.15) is 5.56 Å². The Morgan fingerprint density at radius 3 is 2.38 bits per heavy atom. The van der Waals surface area contributed by atoms with Crippen LogP contribution in [-0.2, 0) is 10.0 Å². The zero-order valence-electron chi connectivity index (χ0n) is 12.1. The summed E-state index contributed by atoms with van der Waals surface area (Å²) in [6.45, 7) is 1.93. The normalized spacial score (nSPS) is 11.2. The summed E-state index contributed by atoms with van der Waals surface area (Å²) < 4.78 is 40.5. The van der Waals surface area contributed by atoms with Crippen molar-refractivity contribution in [3.63, 3.8) is 0 Å². The fourth-order valence-electron chi connectivity index (χ4n) is 2.03. The van der Waals surface area contributed by atoms with Crippen molar-refractivity contribution in [3.8, 4) is 0 Å². The van der Waals surface area contributed by atoms with E-state index in [1.807, 2.05) is 32.0 Å². The van der Waals surface area contributed by atoms with E-state index < -0.39 is 15.8 Å². The van der Waals surface area contributed by atoms with Crippen molar-refractivity contribution in [2.24, 2.45) is 0 Å².